The molecule has 0 fully saturated rings. The van der Waals surface area contributed by atoms with Gasteiger partial charge in [-0.1, -0.05) is 23.2 Å². The van der Waals surface area contributed by atoms with Crippen LogP contribution in [0, 0.1) is 6.92 Å². The topological polar surface area (TPSA) is 33.1 Å². The molecule has 2 rings (SSSR count). The molecule has 17 heavy (non-hydrogen) atoms. The monoisotopic (exact) mass is 267 g/mol. The lowest BCUT2D eigenvalue weighted by Crippen LogP contribution is -1.92. The average Bonchev–Trinajstić information content (AvgIpc) is 2.31. The van der Waals surface area contributed by atoms with Gasteiger partial charge in [0.2, 0.25) is 0 Å². The van der Waals surface area contributed by atoms with Gasteiger partial charge in [-0.25, -0.2) is 0 Å². The van der Waals surface area contributed by atoms with Crippen molar-refractivity contribution in [2.45, 2.75) is 13.5 Å². The van der Waals surface area contributed by atoms with Crippen LogP contribution >= 0.6 is 23.2 Å². The fraction of sp³-hybridized carbons (Fsp3) is 0.154. The van der Waals surface area contributed by atoms with E-state index in [1.54, 1.807) is 18.2 Å². The van der Waals surface area contributed by atoms with Gasteiger partial charge < -0.3 is 5.11 Å². The summed E-state index contributed by atoms with van der Waals surface area (Å²) in [5.74, 6) is 0. The van der Waals surface area contributed by atoms with Crippen LogP contribution in [0.4, 0.5) is 0 Å². The zero-order valence-corrected chi connectivity index (χ0v) is 10.8. The number of rotatable bonds is 2. The van der Waals surface area contributed by atoms with Crippen molar-refractivity contribution in [2.24, 2.45) is 0 Å². The van der Waals surface area contributed by atoms with Crippen molar-refractivity contribution in [2.75, 3.05) is 0 Å². The zero-order valence-electron chi connectivity index (χ0n) is 9.24. The van der Waals surface area contributed by atoms with Gasteiger partial charge in [-0.05, 0) is 42.8 Å². The van der Waals surface area contributed by atoms with Crippen LogP contribution in [-0.4, -0.2) is 10.1 Å². The van der Waals surface area contributed by atoms with E-state index in [1.807, 2.05) is 19.1 Å². The van der Waals surface area contributed by atoms with Crippen LogP contribution in [-0.2, 0) is 6.61 Å². The second kappa shape index (κ2) is 5.05. The van der Waals surface area contributed by atoms with Crippen molar-refractivity contribution in [1.82, 2.24) is 4.98 Å². The molecule has 0 saturated heterocycles. The fourth-order valence-electron chi connectivity index (χ4n) is 1.66. The molecule has 0 unspecified atom stereocenters. The lowest BCUT2D eigenvalue weighted by Gasteiger charge is -2.07. The highest BCUT2D eigenvalue weighted by Crippen LogP contribution is 2.30. The molecule has 0 radical (unpaired) electrons. The Labute approximate surface area is 110 Å². The molecular formula is C13H11Cl2NO. The van der Waals surface area contributed by atoms with Gasteiger partial charge in [0.1, 0.15) is 0 Å². The normalized spacial score (nSPS) is 10.6. The Morgan fingerprint density at radius 2 is 1.94 bits per heavy atom. The summed E-state index contributed by atoms with van der Waals surface area (Å²) < 4.78 is 0. The van der Waals surface area contributed by atoms with E-state index in [9.17, 15) is 5.11 Å². The Morgan fingerprint density at radius 3 is 2.65 bits per heavy atom. The van der Waals surface area contributed by atoms with Gasteiger partial charge in [0, 0.05) is 16.3 Å². The standard InChI is InChI=1S/C13H11Cl2NO/c1-8-4-9(7-17)5-13(16-8)11-6-10(14)2-3-12(11)15/h2-6,17H,7H2,1H3. The molecule has 0 saturated carbocycles. The number of halogens is 2. The van der Waals surface area contributed by atoms with Gasteiger partial charge in [0.25, 0.3) is 0 Å². The van der Waals surface area contributed by atoms with E-state index in [2.05, 4.69) is 4.98 Å². The number of aryl methyl sites for hydroxylation is 1. The predicted octanol–water partition coefficient (Wildman–Crippen LogP) is 3.86. The van der Waals surface area contributed by atoms with Crippen LogP contribution in [0.3, 0.4) is 0 Å². The van der Waals surface area contributed by atoms with Crippen LogP contribution in [0.5, 0.6) is 0 Å². The minimum atomic E-state index is -0.0193. The molecule has 0 amide bonds. The van der Waals surface area contributed by atoms with Gasteiger partial charge in [-0.2, -0.15) is 0 Å². The molecule has 0 aliphatic rings. The summed E-state index contributed by atoms with van der Waals surface area (Å²) in [6.45, 7) is 1.86. The molecule has 0 bridgehead atoms. The summed E-state index contributed by atoms with van der Waals surface area (Å²) in [5.41, 5.74) is 3.14. The van der Waals surface area contributed by atoms with E-state index in [0.717, 1.165) is 22.5 Å². The number of aromatic nitrogens is 1. The summed E-state index contributed by atoms with van der Waals surface area (Å²) in [5, 5.41) is 10.4. The molecule has 0 aliphatic heterocycles. The summed E-state index contributed by atoms with van der Waals surface area (Å²) in [6.07, 6.45) is 0. The molecular weight excluding hydrogens is 257 g/mol. The first-order valence-corrected chi connectivity index (χ1v) is 5.89. The van der Waals surface area contributed by atoms with E-state index in [-0.39, 0.29) is 6.61 Å². The van der Waals surface area contributed by atoms with E-state index in [0.29, 0.717) is 10.0 Å². The number of nitrogens with zero attached hydrogens (tertiary/aromatic N) is 1. The predicted molar refractivity (Wildman–Crippen MR) is 70.4 cm³/mol. The Morgan fingerprint density at radius 1 is 1.18 bits per heavy atom. The highest BCUT2D eigenvalue weighted by atomic mass is 35.5. The molecule has 0 aliphatic carbocycles. The Kier molecular flexibility index (Phi) is 3.67. The molecule has 88 valence electrons. The maximum atomic E-state index is 9.17. The van der Waals surface area contributed by atoms with E-state index < -0.39 is 0 Å². The molecule has 2 nitrogen and oxygen atoms in total. The summed E-state index contributed by atoms with van der Waals surface area (Å²) in [6, 6.07) is 8.89. The fourth-order valence-corrected chi connectivity index (χ4v) is 2.05. The molecule has 0 atom stereocenters. The minimum Gasteiger partial charge on any atom is -0.392 e. The van der Waals surface area contributed by atoms with Crippen molar-refractivity contribution in [3.8, 4) is 11.3 Å². The van der Waals surface area contributed by atoms with Crippen molar-refractivity contribution in [1.29, 1.82) is 0 Å². The SMILES string of the molecule is Cc1cc(CO)cc(-c2cc(Cl)ccc2Cl)n1. The largest absolute Gasteiger partial charge is 0.392 e. The van der Waals surface area contributed by atoms with E-state index in [1.165, 1.54) is 0 Å². The Balaban J connectivity index is 2.59. The lowest BCUT2D eigenvalue weighted by molar-refractivity contribution is 0.281. The number of pyridine rings is 1. The third-order valence-electron chi connectivity index (χ3n) is 2.40. The Hall–Kier alpha value is -1.09. The summed E-state index contributed by atoms with van der Waals surface area (Å²) in [4.78, 5) is 4.40. The first-order valence-electron chi connectivity index (χ1n) is 5.14. The van der Waals surface area contributed by atoms with Crippen LogP contribution in [0.15, 0.2) is 30.3 Å². The van der Waals surface area contributed by atoms with Gasteiger partial charge >= 0.3 is 0 Å². The Bertz CT molecular complexity index is 555. The molecule has 1 aromatic heterocycles. The second-order valence-electron chi connectivity index (χ2n) is 3.78. The highest BCUT2D eigenvalue weighted by molar-refractivity contribution is 6.35. The van der Waals surface area contributed by atoms with Crippen LogP contribution in [0.25, 0.3) is 11.3 Å². The summed E-state index contributed by atoms with van der Waals surface area (Å²) >= 11 is 12.1. The third-order valence-corrected chi connectivity index (χ3v) is 2.96. The van der Waals surface area contributed by atoms with Gasteiger partial charge in [0.15, 0.2) is 0 Å². The van der Waals surface area contributed by atoms with Crippen LogP contribution in [0.2, 0.25) is 10.0 Å². The second-order valence-corrected chi connectivity index (χ2v) is 4.63. The van der Waals surface area contributed by atoms with Crippen molar-refractivity contribution in [3.05, 3.63) is 51.6 Å². The van der Waals surface area contributed by atoms with Gasteiger partial charge in [0.05, 0.1) is 17.3 Å². The number of hydrogen-bond acceptors (Lipinski definition) is 2. The quantitative estimate of drug-likeness (QED) is 0.897. The van der Waals surface area contributed by atoms with Gasteiger partial charge in [-0.15, -0.1) is 0 Å². The highest BCUT2D eigenvalue weighted by Gasteiger charge is 2.07. The first-order chi connectivity index (χ1) is 8.10. The maximum Gasteiger partial charge on any atom is 0.0724 e. The smallest absolute Gasteiger partial charge is 0.0724 e. The zero-order chi connectivity index (χ0) is 12.4. The molecule has 2 aromatic rings. The molecule has 1 heterocycles. The number of benzene rings is 1. The van der Waals surface area contributed by atoms with Crippen molar-refractivity contribution in [3.63, 3.8) is 0 Å². The average molecular weight is 268 g/mol. The molecule has 1 N–H and O–H groups in total. The maximum absolute atomic E-state index is 9.17. The first kappa shape index (κ1) is 12.4. The lowest BCUT2D eigenvalue weighted by atomic mass is 10.1. The van der Waals surface area contributed by atoms with Crippen LogP contribution in [0.1, 0.15) is 11.3 Å². The number of aliphatic hydroxyl groups excluding tert-OH is 1. The van der Waals surface area contributed by atoms with Crippen LogP contribution < -0.4 is 0 Å². The number of hydrogen-bond donors (Lipinski definition) is 1. The van der Waals surface area contributed by atoms with Crippen molar-refractivity contribution >= 4 is 23.2 Å². The number of aliphatic hydroxyl groups is 1. The molecule has 1 aromatic carbocycles. The minimum absolute atomic E-state index is 0.0193. The molecule has 0 spiro atoms. The molecule has 4 heteroatoms. The van der Waals surface area contributed by atoms with Gasteiger partial charge in [-0.3, -0.25) is 4.98 Å². The third kappa shape index (κ3) is 2.78. The van der Waals surface area contributed by atoms with Crippen molar-refractivity contribution < 1.29 is 5.11 Å². The van der Waals surface area contributed by atoms with E-state index >= 15 is 0 Å². The summed E-state index contributed by atoms with van der Waals surface area (Å²) in [7, 11) is 0. The van der Waals surface area contributed by atoms with E-state index in [4.69, 9.17) is 23.2 Å².